The molecule has 0 N–H and O–H groups in total. The molecule has 0 saturated heterocycles. The van der Waals surface area contributed by atoms with Crippen LogP contribution in [0.1, 0.15) is 10.4 Å². The number of rotatable bonds is 0. The minimum absolute atomic E-state index is 0.0896. The van der Waals surface area contributed by atoms with Crippen molar-refractivity contribution in [2.45, 2.75) is 4.90 Å². The molecule has 2 aromatic rings. The Bertz CT molecular complexity index is 781. The number of carbonyl (C=O) groups is 1. The molecule has 0 aliphatic carbocycles. The van der Waals surface area contributed by atoms with Crippen molar-refractivity contribution in [3.8, 4) is 0 Å². The van der Waals surface area contributed by atoms with Gasteiger partial charge in [-0.15, -0.1) is 13.2 Å². The van der Waals surface area contributed by atoms with Crippen LogP contribution in [0.2, 0.25) is 0 Å². The van der Waals surface area contributed by atoms with Crippen molar-refractivity contribution >= 4 is 26.6 Å². The average Bonchev–Trinajstić information content (AvgIpc) is 2.46. The lowest BCUT2D eigenvalue weighted by molar-refractivity contribution is 0.0964. The number of likely N-dealkylation sites (N-methyl/N-ethyl adjacent to an activating group) is 1. The second kappa shape index (κ2) is 5.19. The largest absolute Gasteiger partial charge is 0.293 e. The van der Waals surface area contributed by atoms with Gasteiger partial charge in [-0.1, -0.05) is 30.3 Å². The topological polar surface area (TPSA) is 54.5 Å². The molecule has 0 fully saturated rings. The van der Waals surface area contributed by atoms with E-state index in [0.717, 1.165) is 9.69 Å². The number of ketones is 1. The van der Waals surface area contributed by atoms with Gasteiger partial charge in [0.05, 0.1) is 6.54 Å². The van der Waals surface area contributed by atoms with Crippen LogP contribution in [-0.2, 0) is 10.0 Å². The zero-order chi connectivity index (χ0) is 14.9. The third-order valence-corrected chi connectivity index (χ3v) is 5.12. The Balaban J connectivity index is 0.000000704. The van der Waals surface area contributed by atoms with Gasteiger partial charge in [-0.25, -0.2) is 8.42 Å². The van der Waals surface area contributed by atoms with Crippen molar-refractivity contribution in [1.82, 2.24) is 4.31 Å². The Labute approximate surface area is 118 Å². The Morgan fingerprint density at radius 3 is 2.45 bits per heavy atom. The van der Waals surface area contributed by atoms with Gasteiger partial charge in [0.1, 0.15) is 4.90 Å². The fourth-order valence-electron chi connectivity index (χ4n) is 2.27. The van der Waals surface area contributed by atoms with Crippen molar-refractivity contribution in [3.63, 3.8) is 0 Å². The zero-order valence-corrected chi connectivity index (χ0v) is 12.0. The molecule has 0 unspecified atom stereocenters. The maximum absolute atomic E-state index is 12.3. The van der Waals surface area contributed by atoms with Gasteiger partial charge in [-0.3, -0.25) is 4.79 Å². The molecule has 0 bridgehead atoms. The summed E-state index contributed by atoms with van der Waals surface area (Å²) in [5.74, 6) is -0.159. The molecular formula is C15H15NO3S. The summed E-state index contributed by atoms with van der Waals surface area (Å²) in [7, 11) is -2.14. The van der Waals surface area contributed by atoms with Crippen LogP contribution < -0.4 is 0 Å². The van der Waals surface area contributed by atoms with Crippen molar-refractivity contribution in [3.05, 3.63) is 55.1 Å². The molecular weight excluding hydrogens is 274 g/mol. The SMILES string of the molecule is C=C.CN1CC(=O)c2ccc3ccccc3c2S1(=O)=O. The van der Waals surface area contributed by atoms with Crippen LogP contribution in [0.3, 0.4) is 0 Å². The third-order valence-electron chi connectivity index (χ3n) is 3.21. The first-order chi connectivity index (χ1) is 9.51. The minimum Gasteiger partial charge on any atom is -0.293 e. The van der Waals surface area contributed by atoms with Crippen LogP contribution in [0.25, 0.3) is 10.8 Å². The molecule has 3 rings (SSSR count). The van der Waals surface area contributed by atoms with Crippen LogP contribution in [0, 0.1) is 0 Å². The van der Waals surface area contributed by atoms with Gasteiger partial charge in [0.15, 0.2) is 5.78 Å². The van der Waals surface area contributed by atoms with Crippen molar-refractivity contribution in [1.29, 1.82) is 0 Å². The monoisotopic (exact) mass is 289 g/mol. The van der Waals surface area contributed by atoms with E-state index in [4.69, 9.17) is 0 Å². The van der Waals surface area contributed by atoms with Crippen LogP contribution in [-0.4, -0.2) is 32.1 Å². The van der Waals surface area contributed by atoms with Gasteiger partial charge in [-0.05, 0) is 11.5 Å². The summed E-state index contributed by atoms with van der Waals surface area (Å²) in [5, 5.41) is 1.43. The predicted octanol–water partition coefficient (Wildman–Crippen LogP) is 2.46. The number of carbonyl (C=O) groups excluding carboxylic acids is 1. The van der Waals surface area contributed by atoms with Crippen molar-refractivity contribution in [2.24, 2.45) is 0 Å². The maximum Gasteiger partial charge on any atom is 0.244 e. The highest BCUT2D eigenvalue weighted by molar-refractivity contribution is 7.89. The fourth-order valence-corrected chi connectivity index (χ4v) is 3.79. The van der Waals surface area contributed by atoms with Gasteiger partial charge in [0, 0.05) is 18.0 Å². The normalized spacial score (nSPS) is 17.1. The first-order valence-electron chi connectivity index (χ1n) is 6.03. The van der Waals surface area contributed by atoms with Crippen LogP contribution in [0.5, 0.6) is 0 Å². The lowest BCUT2D eigenvalue weighted by Crippen LogP contribution is -2.38. The van der Waals surface area contributed by atoms with Crippen LogP contribution in [0.15, 0.2) is 54.5 Å². The number of Topliss-reactive ketones (excluding diaryl/α,β-unsaturated/α-hetero) is 1. The molecule has 1 aliphatic rings. The summed E-state index contributed by atoms with van der Waals surface area (Å²) in [5.41, 5.74) is 0.298. The van der Waals surface area contributed by atoms with E-state index >= 15 is 0 Å². The Morgan fingerprint density at radius 2 is 1.75 bits per heavy atom. The van der Waals surface area contributed by atoms with E-state index in [0.29, 0.717) is 10.9 Å². The molecule has 20 heavy (non-hydrogen) atoms. The van der Waals surface area contributed by atoms with E-state index in [1.807, 2.05) is 12.1 Å². The number of hydrogen-bond acceptors (Lipinski definition) is 3. The summed E-state index contributed by atoms with van der Waals surface area (Å²) in [6, 6.07) is 10.6. The molecule has 1 aliphatic heterocycles. The molecule has 1 heterocycles. The minimum atomic E-state index is -3.57. The van der Waals surface area contributed by atoms with Gasteiger partial charge >= 0.3 is 0 Å². The molecule has 5 heteroatoms. The summed E-state index contributed by atoms with van der Waals surface area (Å²) in [6.07, 6.45) is 0. The standard InChI is InChI=1S/C13H11NO3S.C2H4/c1-14-8-12(15)11-7-6-9-4-2-3-5-10(9)13(11)18(14,16)17;1-2/h2-7H,8H2,1H3;1-2H2. The highest BCUT2D eigenvalue weighted by atomic mass is 32.2. The molecule has 0 atom stereocenters. The smallest absolute Gasteiger partial charge is 0.244 e. The molecule has 0 spiro atoms. The summed E-state index contributed by atoms with van der Waals surface area (Å²) >= 11 is 0. The quantitative estimate of drug-likeness (QED) is 0.700. The Morgan fingerprint density at radius 1 is 1.10 bits per heavy atom. The van der Waals surface area contributed by atoms with Gasteiger partial charge in [-0.2, -0.15) is 4.31 Å². The second-order valence-electron chi connectivity index (χ2n) is 4.35. The van der Waals surface area contributed by atoms with E-state index in [9.17, 15) is 13.2 Å². The second-order valence-corrected chi connectivity index (χ2v) is 6.33. The van der Waals surface area contributed by atoms with Crippen molar-refractivity contribution in [2.75, 3.05) is 13.6 Å². The fraction of sp³-hybridized carbons (Fsp3) is 0.133. The molecule has 4 nitrogen and oxygen atoms in total. The average molecular weight is 289 g/mol. The maximum atomic E-state index is 12.3. The molecule has 0 saturated carbocycles. The van der Waals surface area contributed by atoms with Gasteiger partial charge in [0.25, 0.3) is 0 Å². The highest BCUT2D eigenvalue weighted by Gasteiger charge is 2.34. The lowest BCUT2D eigenvalue weighted by atomic mass is 10.0. The van der Waals surface area contributed by atoms with E-state index in [1.165, 1.54) is 7.05 Å². The number of fused-ring (bicyclic) bond motifs is 3. The van der Waals surface area contributed by atoms with Crippen LogP contribution >= 0.6 is 0 Å². The molecule has 0 radical (unpaired) electrons. The Hall–Kier alpha value is -1.98. The number of nitrogens with zero attached hydrogens (tertiary/aromatic N) is 1. The molecule has 0 amide bonds. The summed E-state index contributed by atoms with van der Waals surface area (Å²) < 4.78 is 25.8. The zero-order valence-electron chi connectivity index (χ0n) is 11.2. The molecule has 0 aromatic heterocycles. The van der Waals surface area contributed by atoms with E-state index < -0.39 is 10.0 Å². The number of benzene rings is 2. The van der Waals surface area contributed by atoms with E-state index in [-0.39, 0.29) is 17.2 Å². The van der Waals surface area contributed by atoms with Crippen LogP contribution in [0.4, 0.5) is 0 Å². The first kappa shape index (κ1) is 14.4. The van der Waals surface area contributed by atoms with E-state index in [1.54, 1.807) is 24.3 Å². The highest BCUT2D eigenvalue weighted by Crippen LogP contribution is 2.32. The number of sulfonamides is 1. The van der Waals surface area contributed by atoms with E-state index in [2.05, 4.69) is 13.2 Å². The van der Waals surface area contributed by atoms with Gasteiger partial charge in [0.2, 0.25) is 10.0 Å². The lowest BCUT2D eigenvalue weighted by Gasteiger charge is -2.24. The molecule has 104 valence electrons. The predicted molar refractivity (Wildman–Crippen MR) is 79.3 cm³/mol. The molecule has 2 aromatic carbocycles. The summed E-state index contributed by atoms with van der Waals surface area (Å²) in [6.45, 7) is 5.91. The number of hydrogen-bond donors (Lipinski definition) is 0. The summed E-state index contributed by atoms with van der Waals surface area (Å²) in [4.78, 5) is 12.1. The van der Waals surface area contributed by atoms with Crippen molar-refractivity contribution < 1.29 is 13.2 Å². The Kier molecular flexibility index (Phi) is 3.74. The first-order valence-corrected chi connectivity index (χ1v) is 7.47. The van der Waals surface area contributed by atoms with Gasteiger partial charge < -0.3 is 0 Å². The third kappa shape index (κ3) is 2.05.